The second-order valence-corrected chi connectivity index (χ2v) is 3.26. The molecule has 6 nitrogen and oxygen atoms in total. The molecule has 0 fully saturated rings. The standard InChI is InChI=1S/C11H11N3O3/c15-7-6-12-9(16)11-14-13-10(17-11)8-4-2-1-3-5-8/h1-5,15H,6-7H2,(H,12,16). The Hall–Kier alpha value is -2.21. The third-order valence-electron chi connectivity index (χ3n) is 2.04. The van der Waals surface area contributed by atoms with Gasteiger partial charge in [-0.3, -0.25) is 4.79 Å². The number of carbonyl (C=O) groups is 1. The number of hydrogen-bond donors (Lipinski definition) is 2. The zero-order valence-electron chi connectivity index (χ0n) is 8.96. The van der Waals surface area contributed by atoms with E-state index in [1.54, 1.807) is 0 Å². The Morgan fingerprint density at radius 3 is 2.76 bits per heavy atom. The Balaban J connectivity index is 2.14. The van der Waals surface area contributed by atoms with Crippen LogP contribution in [0.15, 0.2) is 34.7 Å². The highest BCUT2D eigenvalue weighted by atomic mass is 16.4. The third-order valence-corrected chi connectivity index (χ3v) is 2.04. The zero-order chi connectivity index (χ0) is 12.1. The van der Waals surface area contributed by atoms with Crippen LogP contribution in [0.5, 0.6) is 0 Å². The highest BCUT2D eigenvalue weighted by Gasteiger charge is 2.14. The molecule has 1 heterocycles. The number of benzene rings is 1. The molecule has 0 saturated heterocycles. The molecule has 2 rings (SSSR count). The van der Waals surface area contributed by atoms with Gasteiger partial charge in [-0.15, -0.1) is 10.2 Å². The van der Waals surface area contributed by atoms with Crippen molar-refractivity contribution in [1.29, 1.82) is 0 Å². The smallest absolute Gasteiger partial charge is 0.308 e. The zero-order valence-corrected chi connectivity index (χ0v) is 8.96. The van der Waals surface area contributed by atoms with E-state index in [1.807, 2.05) is 30.3 Å². The molecule has 88 valence electrons. The summed E-state index contributed by atoms with van der Waals surface area (Å²) in [5.41, 5.74) is 0.751. The van der Waals surface area contributed by atoms with Crippen LogP contribution in [0.3, 0.4) is 0 Å². The van der Waals surface area contributed by atoms with Gasteiger partial charge >= 0.3 is 11.8 Å². The van der Waals surface area contributed by atoms with Crippen LogP contribution in [-0.2, 0) is 0 Å². The molecule has 0 spiro atoms. The Kier molecular flexibility index (Phi) is 3.46. The largest absolute Gasteiger partial charge is 0.412 e. The van der Waals surface area contributed by atoms with Crippen molar-refractivity contribution in [1.82, 2.24) is 15.5 Å². The monoisotopic (exact) mass is 233 g/mol. The summed E-state index contributed by atoms with van der Waals surface area (Å²) in [7, 11) is 0. The van der Waals surface area contributed by atoms with Gasteiger partial charge in [0.15, 0.2) is 0 Å². The minimum atomic E-state index is -0.492. The number of nitrogens with zero attached hydrogens (tertiary/aromatic N) is 2. The first kappa shape index (κ1) is 11.3. The van der Waals surface area contributed by atoms with Crippen LogP contribution in [0.4, 0.5) is 0 Å². The molecule has 0 unspecified atom stereocenters. The van der Waals surface area contributed by atoms with Crippen LogP contribution >= 0.6 is 0 Å². The van der Waals surface area contributed by atoms with E-state index in [1.165, 1.54) is 0 Å². The molecule has 1 aromatic carbocycles. The lowest BCUT2D eigenvalue weighted by atomic mass is 10.2. The molecule has 0 radical (unpaired) electrons. The van der Waals surface area contributed by atoms with Gasteiger partial charge in [0, 0.05) is 12.1 Å². The Morgan fingerprint density at radius 2 is 2.06 bits per heavy atom. The van der Waals surface area contributed by atoms with E-state index in [-0.39, 0.29) is 19.0 Å². The average molecular weight is 233 g/mol. The highest BCUT2D eigenvalue weighted by molar-refractivity contribution is 5.89. The molecule has 2 N–H and O–H groups in total. The Labute approximate surface area is 97.3 Å². The predicted molar refractivity (Wildman–Crippen MR) is 59.2 cm³/mol. The van der Waals surface area contributed by atoms with Gasteiger partial charge in [-0.2, -0.15) is 0 Å². The molecule has 1 amide bonds. The molecule has 0 bridgehead atoms. The fourth-order valence-electron chi connectivity index (χ4n) is 1.26. The fourth-order valence-corrected chi connectivity index (χ4v) is 1.26. The molecule has 1 aromatic heterocycles. The first-order valence-electron chi connectivity index (χ1n) is 5.09. The second-order valence-electron chi connectivity index (χ2n) is 3.26. The number of aliphatic hydroxyl groups excluding tert-OH is 1. The molecule has 0 aliphatic heterocycles. The summed E-state index contributed by atoms with van der Waals surface area (Å²) in [4.78, 5) is 11.4. The minimum absolute atomic E-state index is 0.114. The molecule has 0 atom stereocenters. The van der Waals surface area contributed by atoms with E-state index in [2.05, 4.69) is 15.5 Å². The van der Waals surface area contributed by atoms with Gasteiger partial charge in [0.1, 0.15) is 0 Å². The van der Waals surface area contributed by atoms with E-state index in [0.29, 0.717) is 5.89 Å². The summed E-state index contributed by atoms with van der Waals surface area (Å²) >= 11 is 0. The Bertz CT molecular complexity index is 496. The number of amides is 1. The van der Waals surface area contributed by atoms with Crippen LogP contribution in [0.1, 0.15) is 10.7 Å². The maximum Gasteiger partial charge on any atom is 0.308 e. The van der Waals surface area contributed by atoms with Gasteiger partial charge in [-0.1, -0.05) is 18.2 Å². The lowest BCUT2D eigenvalue weighted by Crippen LogP contribution is -2.26. The lowest BCUT2D eigenvalue weighted by molar-refractivity contribution is 0.0911. The topological polar surface area (TPSA) is 88.2 Å². The van der Waals surface area contributed by atoms with Gasteiger partial charge in [-0.25, -0.2) is 0 Å². The summed E-state index contributed by atoms with van der Waals surface area (Å²) in [5, 5.41) is 18.4. The van der Waals surface area contributed by atoms with Crippen molar-refractivity contribution >= 4 is 5.91 Å². The average Bonchev–Trinajstić information content (AvgIpc) is 2.86. The van der Waals surface area contributed by atoms with Crippen molar-refractivity contribution < 1.29 is 14.3 Å². The van der Waals surface area contributed by atoms with Gasteiger partial charge < -0.3 is 14.8 Å². The van der Waals surface area contributed by atoms with Crippen LogP contribution in [0, 0.1) is 0 Å². The predicted octanol–water partition coefficient (Wildman–Crippen LogP) is 0.459. The van der Waals surface area contributed by atoms with Crippen LogP contribution in [0.2, 0.25) is 0 Å². The van der Waals surface area contributed by atoms with Crippen LogP contribution < -0.4 is 5.32 Å². The number of hydrogen-bond acceptors (Lipinski definition) is 5. The molecular formula is C11H11N3O3. The Morgan fingerprint density at radius 1 is 1.29 bits per heavy atom. The van der Waals surface area contributed by atoms with Gasteiger partial charge in [-0.05, 0) is 12.1 Å². The van der Waals surface area contributed by atoms with Crippen molar-refractivity contribution in [3.63, 3.8) is 0 Å². The normalized spacial score (nSPS) is 10.2. The number of rotatable bonds is 4. The van der Waals surface area contributed by atoms with Crippen molar-refractivity contribution in [2.24, 2.45) is 0 Å². The van der Waals surface area contributed by atoms with Gasteiger partial charge in [0.05, 0.1) is 6.61 Å². The molecular weight excluding hydrogens is 222 g/mol. The maximum atomic E-state index is 11.4. The van der Waals surface area contributed by atoms with Crippen molar-refractivity contribution in [3.05, 3.63) is 36.2 Å². The first-order valence-corrected chi connectivity index (χ1v) is 5.09. The summed E-state index contributed by atoms with van der Waals surface area (Å²) in [5.74, 6) is -0.314. The van der Waals surface area contributed by atoms with Crippen molar-refractivity contribution in [2.45, 2.75) is 0 Å². The third kappa shape index (κ3) is 2.67. The highest BCUT2D eigenvalue weighted by Crippen LogP contribution is 2.16. The van der Waals surface area contributed by atoms with E-state index in [9.17, 15) is 4.79 Å². The molecule has 0 saturated carbocycles. The minimum Gasteiger partial charge on any atom is -0.412 e. The summed E-state index contributed by atoms with van der Waals surface area (Å²) in [6.45, 7) is 0.0211. The van der Waals surface area contributed by atoms with Gasteiger partial charge in [0.2, 0.25) is 5.89 Å². The van der Waals surface area contributed by atoms with E-state index in [4.69, 9.17) is 9.52 Å². The number of nitrogens with one attached hydrogen (secondary N) is 1. The summed E-state index contributed by atoms with van der Waals surface area (Å²) in [6, 6.07) is 9.16. The first-order chi connectivity index (χ1) is 8.31. The SMILES string of the molecule is O=C(NCCO)c1nnc(-c2ccccc2)o1. The number of carbonyl (C=O) groups excluding carboxylic acids is 1. The van der Waals surface area contributed by atoms with Crippen molar-refractivity contribution in [3.8, 4) is 11.5 Å². The second kappa shape index (κ2) is 5.22. The van der Waals surface area contributed by atoms with Crippen LogP contribution in [0.25, 0.3) is 11.5 Å². The number of aliphatic hydroxyl groups is 1. The fraction of sp³-hybridized carbons (Fsp3) is 0.182. The van der Waals surface area contributed by atoms with Gasteiger partial charge in [0.25, 0.3) is 0 Å². The molecule has 0 aliphatic carbocycles. The van der Waals surface area contributed by atoms with Crippen LogP contribution in [-0.4, -0.2) is 34.4 Å². The maximum absolute atomic E-state index is 11.4. The van der Waals surface area contributed by atoms with Crippen molar-refractivity contribution in [2.75, 3.05) is 13.2 Å². The van der Waals surface area contributed by atoms with E-state index >= 15 is 0 Å². The summed E-state index contributed by atoms with van der Waals surface area (Å²) in [6.07, 6.45) is 0. The quantitative estimate of drug-likeness (QED) is 0.800. The van der Waals surface area contributed by atoms with E-state index < -0.39 is 5.91 Å². The molecule has 2 aromatic rings. The number of aromatic nitrogens is 2. The molecule has 6 heteroatoms. The summed E-state index contributed by atoms with van der Waals surface area (Å²) < 4.78 is 5.21. The molecule has 17 heavy (non-hydrogen) atoms. The molecule has 0 aliphatic rings. The lowest BCUT2D eigenvalue weighted by Gasteiger charge is -1.97. The van der Waals surface area contributed by atoms with E-state index in [0.717, 1.165) is 5.56 Å².